The predicted molar refractivity (Wildman–Crippen MR) is 146 cm³/mol. The highest BCUT2D eigenvalue weighted by atomic mass is 16.6. The number of ether oxygens (including phenoxy) is 2. The minimum atomic E-state index is -0.605. The Morgan fingerprint density at radius 1 is 1.05 bits per heavy atom. The molecule has 0 aliphatic carbocycles. The van der Waals surface area contributed by atoms with Crippen molar-refractivity contribution < 1.29 is 19.1 Å². The highest BCUT2D eigenvalue weighted by Gasteiger charge is 2.22. The molecule has 0 spiro atoms. The van der Waals surface area contributed by atoms with Crippen LogP contribution in [0.5, 0.6) is 5.75 Å². The first-order valence-corrected chi connectivity index (χ1v) is 12.3. The van der Waals surface area contributed by atoms with Gasteiger partial charge < -0.3 is 19.6 Å². The lowest BCUT2D eigenvalue weighted by molar-refractivity contribution is -0.118. The molecule has 1 heterocycles. The molecule has 1 unspecified atom stereocenters. The molecule has 202 valence electrons. The monoisotopic (exact) mass is 522 g/mol. The van der Waals surface area contributed by atoms with Gasteiger partial charge in [-0.1, -0.05) is 49.3 Å². The van der Waals surface area contributed by atoms with E-state index in [1.165, 1.54) is 17.9 Å². The van der Waals surface area contributed by atoms with Crippen molar-refractivity contribution in [3.8, 4) is 11.4 Å². The molecule has 10 nitrogen and oxygen atoms in total. The molecule has 1 N–H and O–H groups in total. The van der Waals surface area contributed by atoms with E-state index in [4.69, 9.17) is 14.3 Å². The highest BCUT2D eigenvalue weighted by molar-refractivity contribution is 5.98. The lowest BCUT2D eigenvalue weighted by Crippen LogP contribution is -2.42. The first-order chi connectivity index (χ1) is 18.2. The smallest absolute Gasteiger partial charge is 0.335 e. The number of nitrogens with one attached hydrogen (secondary N) is 1. The van der Waals surface area contributed by atoms with Crippen LogP contribution in [-0.2, 0) is 20.9 Å². The third-order valence-corrected chi connectivity index (χ3v) is 5.94. The van der Waals surface area contributed by atoms with Crippen molar-refractivity contribution >= 4 is 17.3 Å². The largest absolute Gasteiger partial charge is 0.496 e. The average Bonchev–Trinajstić information content (AvgIpc) is 2.92. The summed E-state index contributed by atoms with van der Waals surface area (Å²) in [6.07, 6.45) is 0.887. The number of carbonyl (C=O) groups is 1. The second kappa shape index (κ2) is 12.9. The molecule has 3 rings (SSSR count). The van der Waals surface area contributed by atoms with Crippen molar-refractivity contribution in [3.05, 3.63) is 86.7 Å². The van der Waals surface area contributed by atoms with Gasteiger partial charge in [0.1, 0.15) is 18.5 Å². The number of amides is 1. The third kappa shape index (κ3) is 6.20. The molecule has 10 heteroatoms. The quantitative estimate of drug-likeness (QED) is 0.303. The van der Waals surface area contributed by atoms with Crippen LogP contribution in [0.2, 0.25) is 0 Å². The van der Waals surface area contributed by atoms with Gasteiger partial charge in [-0.25, -0.2) is 9.36 Å². The number of benzene rings is 2. The van der Waals surface area contributed by atoms with Crippen molar-refractivity contribution in [3.63, 3.8) is 0 Å². The number of rotatable bonds is 11. The van der Waals surface area contributed by atoms with Gasteiger partial charge in [0.25, 0.3) is 5.56 Å². The van der Waals surface area contributed by atoms with E-state index < -0.39 is 17.4 Å². The Kier molecular flexibility index (Phi) is 9.61. The zero-order valence-electron chi connectivity index (χ0n) is 22.6. The molecule has 3 aromatic rings. The van der Waals surface area contributed by atoms with Gasteiger partial charge in [0.15, 0.2) is 0 Å². The molecular formula is C28H34N4O6. The summed E-state index contributed by atoms with van der Waals surface area (Å²) >= 11 is 0. The molecule has 0 radical (unpaired) electrons. The fourth-order valence-corrected chi connectivity index (χ4v) is 3.87. The average molecular weight is 523 g/mol. The molecule has 1 amide bonds. The van der Waals surface area contributed by atoms with Gasteiger partial charge in [0, 0.05) is 24.8 Å². The van der Waals surface area contributed by atoms with Gasteiger partial charge >= 0.3 is 5.69 Å². The Balaban J connectivity index is 2.25. The van der Waals surface area contributed by atoms with Crippen LogP contribution in [0.1, 0.15) is 44.9 Å². The Hall–Kier alpha value is -4.18. The Labute approximate surface area is 221 Å². The maximum absolute atomic E-state index is 13.8. The predicted octanol–water partition coefficient (Wildman–Crippen LogP) is 3.75. The van der Waals surface area contributed by atoms with E-state index in [9.17, 15) is 14.4 Å². The minimum absolute atomic E-state index is 0.0748. The molecule has 38 heavy (non-hydrogen) atoms. The second-order valence-electron chi connectivity index (χ2n) is 8.84. The van der Waals surface area contributed by atoms with E-state index in [1.54, 1.807) is 59.1 Å². The van der Waals surface area contributed by atoms with Crippen molar-refractivity contribution in [2.45, 2.75) is 40.3 Å². The fraction of sp³-hybridized carbons (Fsp3) is 0.357. The number of methoxy groups -OCH3 is 2. The van der Waals surface area contributed by atoms with E-state index >= 15 is 0 Å². The third-order valence-electron chi connectivity index (χ3n) is 5.94. The topological polar surface area (TPSA) is 113 Å². The Morgan fingerprint density at radius 3 is 2.39 bits per heavy atom. The van der Waals surface area contributed by atoms with Gasteiger partial charge in [0.2, 0.25) is 5.91 Å². The molecule has 1 atom stereocenters. The number of carbonyl (C=O) groups excluding carboxylic acids is 1. The van der Waals surface area contributed by atoms with E-state index in [2.05, 4.69) is 10.5 Å². The second-order valence-corrected chi connectivity index (χ2v) is 8.84. The summed E-state index contributed by atoms with van der Waals surface area (Å²) in [6, 6.07) is 14.0. The van der Waals surface area contributed by atoms with Crippen LogP contribution in [0.15, 0.2) is 69.5 Å². The minimum Gasteiger partial charge on any atom is -0.496 e. The molecule has 0 aliphatic rings. The van der Waals surface area contributed by atoms with E-state index in [0.717, 1.165) is 10.1 Å². The summed E-state index contributed by atoms with van der Waals surface area (Å²) in [4.78, 5) is 45.2. The van der Waals surface area contributed by atoms with Crippen LogP contribution in [0.3, 0.4) is 0 Å². The standard InChI is InChI=1S/C28H34N4O6/c1-7-38-30-19(4)21-16-31(17-25(37-6)20-12-8-11-15-24(20)36-5)28(35)32(27(21)34)23-14-10-9-13-22(23)29-26(33)18(2)3/h8-16,18,25H,7,17H2,1-6H3,(H,29,33)/b30-19+. The molecular weight excluding hydrogens is 488 g/mol. The van der Waals surface area contributed by atoms with E-state index in [-0.39, 0.29) is 29.6 Å². The molecule has 1 aromatic heterocycles. The highest BCUT2D eigenvalue weighted by Crippen LogP contribution is 2.28. The van der Waals surface area contributed by atoms with Crippen LogP contribution in [-0.4, -0.2) is 41.6 Å². The van der Waals surface area contributed by atoms with Crippen molar-refractivity contribution in [1.29, 1.82) is 0 Å². The van der Waals surface area contributed by atoms with Crippen LogP contribution in [0.4, 0.5) is 5.69 Å². The summed E-state index contributed by atoms with van der Waals surface area (Å²) in [5, 5.41) is 6.84. The molecule has 0 aliphatic heterocycles. The van der Waals surface area contributed by atoms with E-state index in [0.29, 0.717) is 23.8 Å². The Morgan fingerprint density at radius 2 is 1.74 bits per heavy atom. The van der Waals surface area contributed by atoms with Crippen molar-refractivity contribution in [1.82, 2.24) is 9.13 Å². The summed E-state index contributed by atoms with van der Waals surface area (Å²) < 4.78 is 13.7. The molecule has 0 saturated carbocycles. The zero-order chi connectivity index (χ0) is 27.8. The zero-order valence-corrected chi connectivity index (χ0v) is 22.6. The lowest BCUT2D eigenvalue weighted by Gasteiger charge is -2.21. The first-order valence-electron chi connectivity index (χ1n) is 12.3. The van der Waals surface area contributed by atoms with Crippen LogP contribution in [0, 0.1) is 5.92 Å². The number of hydrogen-bond acceptors (Lipinski definition) is 7. The number of para-hydroxylation sites is 3. The maximum Gasteiger partial charge on any atom is 0.335 e. The van der Waals surface area contributed by atoms with Crippen LogP contribution in [0.25, 0.3) is 5.69 Å². The molecule has 0 fully saturated rings. The normalized spacial score (nSPS) is 12.3. The summed E-state index contributed by atoms with van der Waals surface area (Å²) in [5.74, 6) is 0.0649. The molecule has 0 bridgehead atoms. The maximum atomic E-state index is 13.8. The number of aromatic nitrogens is 2. The fourth-order valence-electron chi connectivity index (χ4n) is 3.87. The number of nitrogens with zero attached hydrogens (tertiary/aromatic N) is 3. The van der Waals surface area contributed by atoms with Gasteiger partial charge in [0.05, 0.1) is 36.3 Å². The first kappa shape index (κ1) is 28.4. The number of anilines is 1. The van der Waals surface area contributed by atoms with Gasteiger partial charge in [-0.05, 0) is 32.0 Å². The van der Waals surface area contributed by atoms with Crippen molar-refractivity contribution in [2.24, 2.45) is 11.1 Å². The van der Waals surface area contributed by atoms with E-state index in [1.807, 2.05) is 24.3 Å². The summed E-state index contributed by atoms with van der Waals surface area (Å²) in [7, 11) is 3.10. The molecule has 0 saturated heterocycles. The summed E-state index contributed by atoms with van der Waals surface area (Å²) in [6.45, 7) is 7.31. The lowest BCUT2D eigenvalue weighted by atomic mass is 10.1. The number of oxime groups is 1. The van der Waals surface area contributed by atoms with Crippen LogP contribution >= 0.6 is 0 Å². The molecule has 2 aromatic carbocycles. The van der Waals surface area contributed by atoms with Gasteiger partial charge in [-0.3, -0.25) is 14.2 Å². The summed E-state index contributed by atoms with van der Waals surface area (Å²) in [5.41, 5.74) is 0.583. The van der Waals surface area contributed by atoms with Crippen LogP contribution < -0.4 is 21.3 Å². The van der Waals surface area contributed by atoms with Gasteiger partial charge in [-0.2, -0.15) is 0 Å². The Bertz CT molecular complexity index is 1420. The number of hydrogen-bond donors (Lipinski definition) is 1. The SMILES string of the molecule is CCO/N=C(\C)c1cn(CC(OC)c2ccccc2OC)c(=O)n(-c2ccccc2NC(=O)C(C)C)c1=O. The van der Waals surface area contributed by atoms with Crippen molar-refractivity contribution in [2.75, 3.05) is 26.1 Å². The van der Waals surface area contributed by atoms with Gasteiger partial charge in [-0.15, -0.1) is 0 Å².